The van der Waals surface area contributed by atoms with E-state index < -0.39 is 47.7 Å². The van der Waals surface area contributed by atoms with Gasteiger partial charge in [-0.3, -0.25) is 9.59 Å². The normalized spacial score (nSPS) is 22.3. The van der Waals surface area contributed by atoms with Crippen LogP contribution in [0.4, 0.5) is 0 Å². The zero-order valence-electron chi connectivity index (χ0n) is 23.5. The van der Waals surface area contributed by atoms with Crippen LogP contribution in [0.5, 0.6) is 0 Å². The Bertz CT molecular complexity index is 1270. The first-order valence-electron chi connectivity index (χ1n) is 13.6. The van der Waals surface area contributed by atoms with Gasteiger partial charge < -0.3 is 29.6 Å². The molecule has 0 bridgehead atoms. The van der Waals surface area contributed by atoms with Crippen LogP contribution in [-0.4, -0.2) is 78.7 Å². The van der Waals surface area contributed by atoms with E-state index in [4.69, 9.17) is 41.3 Å². The largest absolute Gasteiger partial charge is 0.476 e. The van der Waals surface area contributed by atoms with Gasteiger partial charge >= 0.3 is 11.9 Å². The van der Waals surface area contributed by atoms with E-state index in [-0.39, 0.29) is 25.5 Å². The van der Waals surface area contributed by atoms with Crippen molar-refractivity contribution in [1.82, 2.24) is 4.90 Å². The lowest BCUT2D eigenvalue weighted by Crippen LogP contribution is -2.51. The summed E-state index contributed by atoms with van der Waals surface area (Å²) in [4.78, 5) is 45.7. The van der Waals surface area contributed by atoms with E-state index in [2.05, 4.69) is 0 Å². The fourth-order valence-electron chi connectivity index (χ4n) is 5.00. The average molecular weight is 586 g/mol. The second-order valence-corrected chi connectivity index (χ2v) is 10.8. The molecule has 1 saturated heterocycles. The van der Waals surface area contributed by atoms with Crippen molar-refractivity contribution < 1.29 is 33.3 Å². The summed E-state index contributed by atoms with van der Waals surface area (Å²) < 4.78 is 22.6. The Labute approximate surface area is 244 Å². The van der Waals surface area contributed by atoms with Crippen molar-refractivity contribution in [3.63, 3.8) is 0 Å². The smallest absolute Gasteiger partial charge is 0.337 e. The molecule has 2 aliphatic heterocycles. The van der Waals surface area contributed by atoms with Gasteiger partial charge in [-0.15, -0.1) is 0 Å². The van der Waals surface area contributed by atoms with Crippen molar-refractivity contribution in [3.8, 4) is 0 Å². The highest BCUT2D eigenvalue weighted by Gasteiger charge is 2.49. The zero-order chi connectivity index (χ0) is 29.6. The minimum absolute atomic E-state index is 0.0419. The van der Waals surface area contributed by atoms with Crippen LogP contribution in [0, 0.1) is 0 Å². The molecule has 220 valence electrons. The van der Waals surface area contributed by atoms with E-state index in [0.717, 1.165) is 11.1 Å². The first-order valence-corrected chi connectivity index (χ1v) is 14.0. The van der Waals surface area contributed by atoms with Crippen LogP contribution in [0.2, 0.25) is 5.02 Å². The molecule has 0 saturated carbocycles. The molecule has 2 heterocycles. The number of nitrogens with zero attached hydrogens (tertiary/aromatic N) is 2. The molecule has 0 radical (unpaired) electrons. The summed E-state index contributed by atoms with van der Waals surface area (Å²) in [5.41, 5.74) is 6.13. The summed E-state index contributed by atoms with van der Waals surface area (Å²) in [6, 6.07) is 15.2. The summed E-state index contributed by atoms with van der Waals surface area (Å²) in [6.45, 7) is 3.75. The lowest BCUT2D eigenvalue weighted by Gasteiger charge is -2.31. The minimum atomic E-state index is -1.32. The number of methoxy groups -OCH3 is 1. The summed E-state index contributed by atoms with van der Waals surface area (Å²) >= 11 is 6.16. The van der Waals surface area contributed by atoms with Crippen LogP contribution < -0.4 is 5.73 Å². The van der Waals surface area contributed by atoms with Crippen molar-refractivity contribution in [2.24, 2.45) is 10.7 Å². The van der Waals surface area contributed by atoms with Gasteiger partial charge in [0.05, 0.1) is 13.7 Å². The minimum Gasteiger partial charge on any atom is -0.476 e. The number of likely N-dealkylation sites (tertiary alicyclic amines) is 1. The van der Waals surface area contributed by atoms with Crippen LogP contribution in [0.25, 0.3) is 0 Å². The summed E-state index contributed by atoms with van der Waals surface area (Å²) in [5, 5.41) is 0.536. The molecule has 11 heteroatoms. The molecule has 0 spiro atoms. The maximum absolute atomic E-state index is 13.9. The SMILES string of the molecule is COC(=O)[C@@]1(Cc2cccc(Cl)c2)COC([C@@H]2CCCN2C(=O)[C@@H](OC(=O)[C@H](C)N)[C@@H](C)OCc2ccccc2)=N1. The quantitative estimate of drug-likeness (QED) is 0.398. The predicted octanol–water partition coefficient (Wildman–Crippen LogP) is 3.08. The van der Waals surface area contributed by atoms with Gasteiger partial charge in [0.25, 0.3) is 5.91 Å². The van der Waals surface area contributed by atoms with Gasteiger partial charge in [-0.2, -0.15) is 0 Å². The second-order valence-electron chi connectivity index (χ2n) is 10.4. The van der Waals surface area contributed by atoms with Crippen molar-refractivity contribution in [1.29, 1.82) is 0 Å². The predicted molar refractivity (Wildman–Crippen MR) is 152 cm³/mol. The molecule has 2 aromatic rings. The molecule has 10 nitrogen and oxygen atoms in total. The van der Waals surface area contributed by atoms with Gasteiger partial charge in [0.15, 0.2) is 5.54 Å². The Morgan fingerprint density at radius 2 is 1.88 bits per heavy atom. The number of halogens is 1. The van der Waals surface area contributed by atoms with E-state index >= 15 is 0 Å². The standard InChI is InChI=1S/C30H36ClN3O7/c1-19(32)28(36)41-25(20(2)39-17-21-9-5-4-6-10-21)27(35)34-14-8-13-24(34)26-33-30(18-40-26,29(37)38-3)16-22-11-7-12-23(31)15-22/h4-7,9-12,15,19-20,24-25H,8,13-14,16-18,32H2,1-3H3/t19-,20+,24-,25-,30+/m0/s1. The highest BCUT2D eigenvalue weighted by molar-refractivity contribution is 6.30. The number of rotatable bonds is 11. The number of hydrogen-bond donors (Lipinski definition) is 1. The number of esters is 2. The van der Waals surface area contributed by atoms with Gasteiger partial charge in [0, 0.05) is 18.0 Å². The van der Waals surface area contributed by atoms with Gasteiger partial charge in [0.1, 0.15) is 24.8 Å². The number of amides is 1. The molecule has 1 fully saturated rings. The second kappa shape index (κ2) is 13.5. The molecule has 0 aromatic heterocycles. The maximum atomic E-state index is 13.9. The Balaban J connectivity index is 1.56. The number of carbonyl (C=O) groups excluding carboxylic acids is 3. The van der Waals surface area contributed by atoms with Crippen molar-refractivity contribution in [2.75, 3.05) is 20.3 Å². The molecule has 1 amide bonds. The molecule has 2 N–H and O–H groups in total. The van der Waals surface area contributed by atoms with Crippen molar-refractivity contribution in [2.45, 2.75) is 69.5 Å². The number of aliphatic imine (C=N–C) groups is 1. The highest BCUT2D eigenvalue weighted by atomic mass is 35.5. The van der Waals surface area contributed by atoms with E-state index in [1.165, 1.54) is 14.0 Å². The Hall–Kier alpha value is -3.47. The zero-order valence-corrected chi connectivity index (χ0v) is 24.2. The van der Waals surface area contributed by atoms with Crippen LogP contribution in [0.3, 0.4) is 0 Å². The Kier molecular flexibility index (Phi) is 10.0. The van der Waals surface area contributed by atoms with E-state index in [1.54, 1.807) is 30.0 Å². The van der Waals surface area contributed by atoms with Crippen LogP contribution >= 0.6 is 11.6 Å². The average Bonchev–Trinajstić information content (AvgIpc) is 3.62. The van der Waals surface area contributed by atoms with Gasteiger partial charge in [-0.05, 0) is 49.9 Å². The lowest BCUT2D eigenvalue weighted by atomic mass is 9.92. The first-order chi connectivity index (χ1) is 19.6. The van der Waals surface area contributed by atoms with E-state index in [1.807, 2.05) is 36.4 Å². The number of ether oxygens (including phenoxy) is 4. The molecule has 0 aliphatic carbocycles. The molecule has 4 rings (SSSR count). The van der Waals surface area contributed by atoms with E-state index in [9.17, 15) is 14.4 Å². The van der Waals surface area contributed by atoms with Gasteiger partial charge in [0.2, 0.25) is 12.0 Å². The number of nitrogens with two attached hydrogens (primary N) is 1. The molecule has 5 atom stereocenters. The fourth-order valence-corrected chi connectivity index (χ4v) is 5.21. The molecular formula is C30H36ClN3O7. The summed E-state index contributed by atoms with van der Waals surface area (Å²) in [6.07, 6.45) is -0.562. The molecule has 2 aliphatic rings. The van der Waals surface area contributed by atoms with Crippen LogP contribution in [-0.2, 0) is 46.4 Å². The molecule has 2 aromatic carbocycles. The molecular weight excluding hydrogens is 550 g/mol. The van der Waals surface area contributed by atoms with Gasteiger partial charge in [-0.1, -0.05) is 54.1 Å². The number of hydrogen-bond acceptors (Lipinski definition) is 9. The molecule has 41 heavy (non-hydrogen) atoms. The topological polar surface area (TPSA) is 130 Å². The van der Waals surface area contributed by atoms with Crippen molar-refractivity contribution >= 4 is 35.3 Å². The third-order valence-corrected chi connectivity index (χ3v) is 7.43. The summed E-state index contributed by atoms with van der Waals surface area (Å²) in [5.74, 6) is -1.44. The third kappa shape index (κ3) is 7.25. The number of carbonyl (C=O) groups is 3. The molecule has 0 unspecified atom stereocenters. The van der Waals surface area contributed by atoms with Gasteiger partial charge in [-0.25, -0.2) is 9.79 Å². The number of benzene rings is 2. The highest BCUT2D eigenvalue weighted by Crippen LogP contribution is 2.31. The third-order valence-electron chi connectivity index (χ3n) is 7.20. The monoisotopic (exact) mass is 585 g/mol. The Morgan fingerprint density at radius 3 is 2.56 bits per heavy atom. The fraction of sp³-hybridized carbons (Fsp3) is 0.467. The maximum Gasteiger partial charge on any atom is 0.337 e. The Morgan fingerprint density at radius 1 is 1.15 bits per heavy atom. The van der Waals surface area contributed by atoms with E-state index in [0.29, 0.717) is 24.4 Å². The van der Waals surface area contributed by atoms with Crippen molar-refractivity contribution in [3.05, 3.63) is 70.7 Å². The van der Waals surface area contributed by atoms with Crippen LogP contribution in [0.15, 0.2) is 59.6 Å². The van der Waals surface area contributed by atoms with Crippen LogP contribution in [0.1, 0.15) is 37.8 Å². The summed E-state index contributed by atoms with van der Waals surface area (Å²) in [7, 11) is 1.30. The lowest BCUT2D eigenvalue weighted by molar-refractivity contribution is -0.171. The first kappa shape index (κ1) is 30.5.